The van der Waals surface area contributed by atoms with Crippen LogP contribution in [0.1, 0.15) is 25.6 Å². The maximum absolute atomic E-state index is 14.5. The van der Waals surface area contributed by atoms with Crippen molar-refractivity contribution in [1.29, 1.82) is 0 Å². The molecule has 1 aromatic carbocycles. The molecule has 202 valence electrons. The van der Waals surface area contributed by atoms with Crippen molar-refractivity contribution in [2.45, 2.75) is 62.7 Å². The molecule has 15 heteroatoms. The lowest BCUT2D eigenvalue weighted by molar-refractivity contribution is -0.212. The Morgan fingerprint density at radius 2 is 1.86 bits per heavy atom. The first-order chi connectivity index (χ1) is 17.5. The van der Waals surface area contributed by atoms with Gasteiger partial charge in [0.2, 0.25) is 0 Å². The van der Waals surface area contributed by atoms with E-state index in [0.29, 0.717) is 5.69 Å². The SMILES string of the molecule is CO[C@@H]1[C@@H](n2cc(-c3ccc(Cl)c(F)c3F)nn2)[C@@H](O)[C@@H](CO)O[C@@H]1Cc1cn(C(C)(C)C(F)F)nn1. The number of aromatic nitrogens is 6. The fourth-order valence-electron chi connectivity index (χ4n) is 4.18. The number of hydrogen-bond acceptors (Lipinski definition) is 8. The molecule has 1 aliphatic rings. The van der Waals surface area contributed by atoms with Gasteiger partial charge in [-0.25, -0.2) is 26.9 Å². The Bertz CT molecular complexity index is 1240. The standard InChI is InChI=1S/C22H25ClF4N6O4/c1-22(2,21(26)27)33-7-10(28-31-33)6-14-20(36-3)18(19(35)15(9-34)37-14)32-8-13(29-30-32)11-4-5-12(23)17(25)16(11)24/h4-5,7-8,14-15,18-21,34-35H,6,9H2,1-3H3/t14-,15-,18+,19+,20+/m1/s1. The summed E-state index contributed by atoms with van der Waals surface area (Å²) < 4.78 is 69.0. The molecule has 0 radical (unpaired) electrons. The van der Waals surface area contributed by atoms with E-state index < -0.39 is 65.7 Å². The number of aliphatic hydroxyl groups excluding tert-OH is 2. The summed E-state index contributed by atoms with van der Waals surface area (Å²) in [6, 6.07) is 1.44. The summed E-state index contributed by atoms with van der Waals surface area (Å²) in [4.78, 5) is 0. The second-order valence-electron chi connectivity index (χ2n) is 9.20. The van der Waals surface area contributed by atoms with Gasteiger partial charge in [-0.3, -0.25) is 0 Å². The predicted octanol–water partition coefficient (Wildman–Crippen LogP) is 2.39. The summed E-state index contributed by atoms with van der Waals surface area (Å²) in [7, 11) is 1.36. The molecule has 1 fully saturated rings. The Balaban J connectivity index is 1.64. The Labute approximate surface area is 213 Å². The lowest BCUT2D eigenvalue weighted by Gasteiger charge is -2.43. The van der Waals surface area contributed by atoms with E-state index in [4.69, 9.17) is 21.1 Å². The van der Waals surface area contributed by atoms with E-state index in [0.717, 1.165) is 4.68 Å². The number of halogens is 5. The van der Waals surface area contributed by atoms with Gasteiger partial charge in [0.15, 0.2) is 11.6 Å². The van der Waals surface area contributed by atoms with Gasteiger partial charge in [-0.1, -0.05) is 22.0 Å². The average Bonchev–Trinajstić information content (AvgIpc) is 3.53. The number of nitrogens with zero attached hydrogens (tertiary/aromatic N) is 6. The van der Waals surface area contributed by atoms with Crippen molar-refractivity contribution < 1.29 is 37.2 Å². The van der Waals surface area contributed by atoms with Crippen LogP contribution in [0.2, 0.25) is 5.02 Å². The molecule has 0 unspecified atom stereocenters. The molecular formula is C22H25ClF4N6O4. The normalized spacial score (nSPS) is 24.7. The molecule has 0 aliphatic carbocycles. The molecule has 10 nitrogen and oxygen atoms in total. The summed E-state index contributed by atoms with van der Waals surface area (Å²) in [5.74, 6) is -2.45. The minimum Gasteiger partial charge on any atom is -0.394 e. The first-order valence-corrected chi connectivity index (χ1v) is 11.6. The average molecular weight is 549 g/mol. The lowest BCUT2D eigenvalue weighted by Crippen LogP contribution is -2.57. The van der Waals surface area contributed by atoms with Crippen LogP contribution < -0.4 is 0 Å². The van der Waals surface area contributed by atoms with Gasteiger partial charge >= 0.3 is 0 Å². The number of hydrogen-bond donors (Lipinski definition) is 2. The van der Waals surface area contributed by atoms with Crippen LogP contribution in [-0.2, 0) is 21.4 Å². The van der Waals surface area contributed by atoms with E-state index in [9.17, 15) is 27.8 Å². The molecule has 4 rings (SSSR count). The highest BCUT2D eigenvalue weighted by atomic mass is 35.5. The highest BCUT2D eigenvalue weighted by Gasteiger charge is 2.47. The highest BCUT2D eigenvalue weighted by molar-refractivity contribution is 6.30. The van der Waals surface area contributed by atoms with Crippen LogP contribution in [0.5, 0.6) is 0 Å². The summed E-state index contributed by atoms with van der Waals surface area (Å²) in [6.07, 6.45) is -4.13. The third kappa shape index (κ3) is 5.08. The number of aliphatic hydroxyl groups is 2. The van der Waals surface area contributed by atoms with Gasteiger partial charge in [0.1, 0.15) is 35.6 Å². The van der Waals surface area contributed by atoms with Crippen molar-refractivity contribution >= 4 is 11.6 Å². The van der Waals surface area contributed by atoms with Gasteiger partial charge in [-0.05, 0) is 26.0 Å². The second-order valence-corrected chi connectivity index (χ2v) is 9.60. The van der Waals surface area contributed by atoms with E-state index in [1.165, 1.54) is 50.2 Å². The Hall–Kier alpha value is -2.65. The van der Waals surface area contributed by atoms with Crippen molar-refractivity contribution in [3.8, 4) is 11.3 Å². The van der Waals surface area contributed by atoms with Gasteiger partial charge in [-0.15, -0.1) is 10.2 Å². The third-order valence-corrected chi connectivity index (χ3v) is 6.73. The Morgan fingerprint density at radius 1 is 1.14 bits per heavy atom. The summed E-state index contributed by atoms with van der Waals surface area (Å²) in [6.45, 7) is 2.07. The fourth-order valence-corrected chi connectivity index (χ4v) is 4.33. The summed E-state index contributed by atoms with van der Waals surface area (Å²) in [5, 5.41) is 36.0. The zero-order valence-corrected chi connectivity index (χ0v) is 20.7. The van der Waals surface area contributed by atoms with Crippen LogP contribution in [0.25, 0.3) is 11.3 Å². The van der Waals surface area contributed by atoms with Crippen molar-refractivity contribution in [2.24, 2.45) is 0 Å². The number of methoxy groups -OCH3 is 1. The smallest absolute Gasteiger partial charge is 0.262 e. The Kier molecular flexibility index (Phi) is 7.85. The maximum atomic E-state index is 14.5. The van der Waals surface area contributed by atoms with E-state index in [1.54, 1.807) is 0 Å². The first kappa shape index (κ1) is 27.4. The van der Waals surface area contributed by atoms with Crippen molar-refractivity contribution in [2.75, 3.05) is 13.7 Å². The van der Waals surface area contributed by atoms with E-state index in [1.807, 2.05) is 0 Å². The largest absolute Gasteiger partial charge is 0.394 e. The van der Waals surface area contributed by atoms with Crippen LogP contribution in [0.4, 0.5) is 17.6 Å². The van der Waals surface area contributed by atoms with E-state index in [2.05, 4.69) is 20.6 Å². The number of rotatable bonds is 8. The summed E-state index contributed by atoms with van der Waals surface area (Å²) in [5.41, 5.74) is -1.52. The molecule has 0 bridgehead atoms. The van der Waals surface area contributed by atoms with Crippen molar-refractivity contribution in [1.82, 2.24) is 30.0 Å². The Morgan fingerprint density at radius 3 is 2.51 bits per heavy atom. The highest BCUT2D eigenvalue weighted by Crippen LogP contribution is 2.35. The van der Waals surface area contributed by atoms with Gasteiger partial charge in [0.25, 0.3) is 6.43 Å². The summed E-state index contributed by atoms with van der Waals surface area (Å²) >= 11 is 5.62. The molecule has 0 saturated carbocycles. The number of benzene rings is 1. The van der Waals surface area contributed by atoms with E-state index in [-0.39, 0.29) is 17.7 Å². The first-order valence-electron chi connectivity index (χ1n) is 11.2. The molecule has 37 heavy (non-hydrogen) atoms. The molecule has 2 N–H and O–H groups in total. The van der Waals surface area contributed by atoms with Crippen molar-refractivity contribution in [3.63, 3.8) is 0 Å². The quantitative estimate of drug-likeness (QED) is 0.325. The van der Waals surface area contributed by atoms with Gasteiger partial charge < -0.3 is 19.7 Å². The molecule has 3 heterocycles. The van der Waals surface area contributed by atoms with Crippen LogP contribution in [0, 0.1) is 11.6 Å². The number of alkyl halides is 2. The molecule has 5 atom stereocenters. The predicted molar refractivity (Wildman–Crippen MR) is 121 cm³/mol. The van der Waals surface area contributed by atoms with Crippen LogP contribution in [0.15, 0.2) is 24.5 Å². The molecule has 2 aromatic heterocycles. The van der Waals surface area contributed by atoms with Gasteiger partial charge in [0.05, 0.1) is 29.6 Å². The monoisotopic (exact) mass is 548 g/mol. The van der Waals surface area contributed by atoms with Crippen LogP contribution in [0.3, 0.4) is 0 Å². The minimum atomic E-state index is -2.70. The van der Waals surface area contributed by atoms with Crippen LogP contribution >= 0.6 is 11.6 Å². The molecule has 1 aliphatic heterocycles. The van der Waals surface area contributed by atoms with Crippen LogP contribution in [-0.4, -0.2) is 84.8 Å². The fraction of sp³-hybridized carbons (Fsp3) is 0.545. The third-order valence-electron chi connectivity index (χ3n) is 6.44. The minimum absolute atomic E-state index is 0.0316. The second kappa shape index (κ2) is 10.6. The van der Waals surface area contributed by atoms with Gasteiger partial charge in [-0.2, -0.15) is 0 Å². The van der Waals surface area contributed by atoms with Gasteiger partial charge in [0, 0.05) is 25.3 Å². The maximum Gasteiger partial charge on any atom is 0.262 e. The topological polar surface area (TPSA) is 120 Å². The molecule has 1 saturated heterocycles. The van der Waals surface area contributed by atoms with Crippen molar-refractivity contribution in [3.05, 3.63) is 46.9 Å². The molecule has 3 aromatic rings. The lowest BCUT2D eigenvalue weighted by atomic mass is 9.90. The molecular weight excluding hydrogens is 524 g/mol. The van der Waals surface area contributed by atoms with E-state index >= 15 is 0 Å². The zero-order chi connectivity index (χ0) is 27.1. The number of ether oxygens (including phenoxy) is 2. The molecule has 0 amide bonds. The molecule has 0 spiro atoms. The zero-order valence-electron chi connectivity index (χ0n) is 20.0.